The Hall–Kier alpha value is -5.06. The summed E-state index contributed by atoms with van der Waals surface area (Å²) in [4.78, 5) is 31.0. The van der Waals surface area contributed by atoms with Gasteiger partial charge >= 0.3 is 0 Å². The van der Waals surface area contributed by atoms with E-state index in [9.17, 15) is 20.1 Å². The lowest BCUT2D eigenvalue weighted by atomic mass is 10.00. The second-order valence-electron chi connectivity index (χ2n) is 9.40. The third-order valence-corrected chi connectivity index (χ3v) is 7.17. The molecule has 10 nitrogen and oxygen atoms in total. The fraction of sp³-hybridized carbons (Fsp3) is 0.0968. The standard InChI is InChI=1S/C16H14ClN3O.C15H10ClN3O3/c1-18-15-10-20(21)16(11-5-3-2-4-6-11)13-9-12(17)7-8-14(13)19-15;16-12-4-2-1-3-10(12)15-11-7-9(19(21)22)5-6-13(11)18-14(20)8-17-15/h2-9H,10H2,1H3,(H,18,19);1-7H,8H2,(H,18,20). The fourth-order valence-electron chi connectivity index (χ4n) is 4.62. The lowest BCUT2D eigenvalue weighted by Gasteiger charge is -2.11. The van der Waals surface area contributed by atoms with Crippen LogP contribution in [0, 0.1) is 15.3 Å². The van der Waals surface area contributed by atoms with E-state index in [-0.39, 0.29) is 24.7 Å². The van der Waals surface area contributed by atoms with Gasteiger partial charge in [0.15, 0.2) is 5.84 Å². The third-order valence-electron chi connectivity index (χ3n) is 6.60. The highest BCUT2D eigenvalue weighted by Gasteiger charge is 2.25. The lowest BCUT2D eigenvalue weighted by molar-refractivity contribution is -0.439. The van der Waals surface area contributed by atoms with E-state index in [1.54, 1.807) is 43.4 Å². The highest BCUT2D eigenvalue weighted by molar-refractivity contribution is 6.36. The average molecular weight is 615 g/mol. The van der Waals surface area contributed by atoms with Gasteiger partial charge in [-0.05, 0) is 42.5 Å². The first-order valence-electron chi connectivity index (χ1n) is 13.1. The molecule has 2 aliphatic heterocycles. The van der Waals surface area contributed by atoms with E-state index in [0.717, 1.165) is 21.6 Å². The van der Waals surface area contributed by atoms with Gasteiger partial charge < -0.3 is 15.8 Å². The first-order chi connectivity index (χ1) is 20.7. The molecule has 0 aromatic heterocycles. The molecule has 0 saturated carbocycles. The molecule has 0 spiro atoms. The van der Waals surface area contributed by atoms with Crippen molar-refractivity contribution in [2.75, 3.05) is 25.5 Å². The molecule has 12 heteroatoms. The molecule has 4 aromatic carbocycles. The smallest absolute Gasteiger partial charge is 0.270 e. The fourth-order valence-corrected chi connectivity index (χ4v) is 5.01. The molecule has 0 fully saturated rings. The number of hydrogen-bond donors (Lipinski definition) is 2. The number of nitro groups is 1. The molecule has 1 amide bonds. The number of benzodiazepines with no additional fused rings is 1. The first-order valence-corrected chi connectivity index (χ1v) is 13.8. The zero-order chi connectivity index (χ0) is 30.5. The highest BCUT2D eigenvalue weighted by atomic mass is 35.5. The molecule has 0 aliphatic carbocycles. The molecule has 2 N–H and O–H groups in total. The molecule has 2 aliphatic rings. The van der Waals surface area contributed by atoms with Crippen LogP contribution in [0.15, 0.2) is 101 Å². The minimum atomic E-state index is -0.489. The molecule has 0 unspecified atom stereocenters. The number of aliphatic imine (C=N–C) groups is 2. The van der Waals surface area contributed by atoms with E-state index in [1.165, 1.54) is 18.2 Å². The molecule has 0 bridgehead atoms. The SMILES string of the molecule is CNC1=Nc2ccc(Cl)cc2C(c2ccccc2)=[N+]([O-])C1.O=C1CN=C(c2ccccc2Cl)c2cc([N+](=O)[O-])ccc2N1. The summed E-state index contributed by atoms with van der Waals surface area (Å²) in [5.74, 6) is 0.344. The molecular weight excluding hydrogens is 591 g/mol. The Bertz CT molecular complexity index is 1820. The van der Waals surface area contributed by atoms with Gasteiger partial charge in [-0.25, -0.2) is 4.99 Å². The van der Waals surface area contributed by atoms with Gasteiger partial charge in [-0.15, -0.1) is 0 Å². The van der Waals surface area contributed by atoms with Crippen molar-refractivity contribution in [2.45, 2.75) is 0 Å². The number of nitrogens with zero attached hydrogens (tertiary/aromatic N) is 4. The molecule has 6 rings (SSSR count). The van der Waals surface area contributed by atoms with Crippen LogP contribution in [-0.2, 0) is 4.79 Å². The van der Waals surface area contributed by atoms with Gasteiger partial charge in [-0.1, -0.05) is 59.6 Å². The monoisotopic (exact) mass is 614 g/mol. The number of carbonyl (C=O) groups excluding carboxylic acids is 1. The predicted octanol–water partition coefficient (Wildman–Crippen LogP) is 5.99. The van der Waals surface area contributed by atoms with Gasteiger partial charge in [0.2, 0.25) is 18.2 Å². The number of anilines is 1. The van der Waals surface area contributed by atoms with Crippen LogP contribution in [-0.4, -0.2) is 53.0 Å². The summed E-state index contributed by atoms with van der Waals surface area (Å²) in [6.45, 7) is 0.107. The molecular formula is C31H24Cl2N6O4. The van der Waals surface area contributed by atoms with E-state index < -0.39 is 4.92 Å². The number of nitro benzene ring substituents is 1. The largest absolute Gasteiger partial charge is 0.623 e. The number of rotatable bonds is 3. The number of fused-ring (bicyclic) bond motifs is 2. The number of amidine groups is 1. The number of hydrogen-bond acceptors (Lipinski definition) is 7. The van der Waals surface area contributed by atoms with Gasteiger partial charge in [0, 0.05) is 45.9 Å². The summed E-state index contributed by atoms with van der Waals surface area (Å²) >= 11 is 12.3. The van der Waals surface area contributed by atoms with Crippen molar-refractivity contribution in [3.05, 3.63) is 139 Å². The quantitative estimate of drug-likeness (QED) is 0.126. The van der Waals surface area contributed by atoms with Crippen LogP contribution in [0.5, 0.6) is 0 Å². The Balaban J connectivity index is 0.000000171. The van der Waals surface area contributed by atoms with Crippen molar-refractivity contribution in [3.8, 4) is 0 Å². The zero-order valence-electron chi connectivity index (χ0n) is 22.8. The summed E-state index contributed by atoms with van der Waals surface area (Å²) in [5, 5.41) is 30.3. The summed E-state index contributed by atoms with van der Waals surface area (Å²) in [6.07, 6.45) is 0. The van der Waals surface area contributed by atoms with Crippen molar-refractivity contribution in [1.29, 1.82) is 0 Å². The lowest BCUT2D eigenvalue weighted by Crippen LogP contribution is -2.29. The minimum Gasteiger partial charge on any atom is -0.623 e. The van der Waals surface area contributed by atoms with Crippen LogP contribution < -0.4 is 10.6 Å². The second kappa shape index (κ2) is 12.8. The van der Waals surface area contributed by atoms with Crippen LogP contribution in [0.25, 0.3) is 0 Å². The van der Waals surface area contributed by atoms with Gasteiger partial charge in [0.05, 0.1) is 27.6 Å². The Morgan fingerprint density at radius 2 is 1.67 bits per heavy atom. The Kier molecular flexibility index (Phi) is 8.79. The maximum absolute atomic E-state index is 12.6. The van der Waals surface area contributed by atoms with E-state index in [2.05, 4.69) is 20.6 Å². The normalized spacial score (nSPS) is 14.0. The summed E-state index contributed by atoms with van der Waals surface area (Å²) in [5.41, 5.74) is 4.89. The van der Waals surface area contributed by atoms with E-state index in [1.807, 2.05) is 36.4 Å². The van der Waals surface area contributed by atoms with Crippen molar-refractivity contribution in [1.82, 2.24) is 5.32 Å². The number of nitrogens with one attached hydrogen (secondary N) is 2. The first kappa shape index (κ1) is 29.4. The van der Waals surface area contributed by atoms with Gasteiger partial charge in [0.1, 0.15) is 6.54 Å². The Labute approximate surface area is 256 Å². The van der Waals surface area contributed by atoms with Crippen LogP contribution in [0.3, 0.4) is 0 Å². The molecule has 216 valence electrons. The number of hydroxylamine groups is 1. The number of likely N-dealkylation sites (N-methyl/N-ethyl adjacent to an activating group) is 1. The topological polar surface area (TPSA) is 135 Å². The van der Waals surface area contributed by atoms with Crippen molar-refractivity contribution >= 4 is 63.4 Å². The molecule has 0 radical (unpaired) electrons. The van der Waals surface area contributed by atoms with Crippen LogP contribution in [0.4, 0.5) is 17.1 Å². The number of halogens is 2. The minimum absolute atomic E-state index is 0.0664. The maximum Gasteiger partial charge on any atom is 0.270 e. The van der Waals surface area contributed by atoms with E-state index in [0.29, 0.717) is 44.1 Å². The summed E-state index contributed by atoms with van der Waals surface area (Å²) in [6, 6.07) is 26.2. The molecule has 43 heavy (non-hydrogen) atoms. The van der Waals surface area contributed by atoms with Gasteiger partial charge in [-0.3, -0.25) is 19.9 Å². The second-order valence-corrected chi connectivity index (χ2v) is 10.2. The summed E-state index contributed by atoms with van der Waals surface area (Å²) < 4.78 is 0.951. The maximum atomic E-state index is 12.6. The van der Waals surface area contributed by atoms with Crippen LogP contribution >= 0.6 is 23.2 Å². The number of benzene rings is 4. The number of amides is 1. The zero-order valence-corrected chi connectivity index (χ0v) is 24.3. The number of non-ortho nitro benzene ring substituents is 1. The van der Waals surface area contributed by atoms with Crippen LogP contribution in [0.2, 0.25) is 10.0 Å². The van der Waals surface area contributed by atoms with E-state index >= 15 is 0 Å². The molecule has 0 saturated heterocycles. The highest BCUT2D eigenvalue weighted by Crippen LogP contribution is 2.30. The van der Waals surface area contributed by atoms with E-state index in [4.69, 9.17) is 23.2 Å². The molecule has 0 atom stereocenters. The average Bonchev–Trinajstić information content (AvgIpc) is 3.25. The van der Waals surface area contributed by atoms with Gasteiger partial charge in [0.25, 0.3) is 5.69 Å². The number of carbonyl (C=O) groups is 1. The predicted molar refractivity (Wildman–Crippen MR) is 169 cm³/mol. The van der Waals surface area contributed by atoms with Crippen molar-refractivity contribution in [2.24, 2.45) is 9.98 Å². The molecule has 4 aromatic rings. The van der Waals surface area contributed by atoms with Crippen molar-refractivity contribution in [3.63, 3.8) is 0 Å². The Morgan fingerprint density at radius 3 is 2.40 bits per heavy atom. The van der Waals surface area contributed by atoms with Gasteiger partial charge in [-0.2, -0.15) is 4.74 Å². The van der Waals surface area contributed by atoms with Crippen molar-refractivity contribution < 1.29 is 14.5 Å². The Morgan fingerprint density at radius 1 is 0.930 bits per heavy atom. The molecule has 2 heterocycles. The van der Waals surface area contributed by atoms with Crippen LogP contribution in [0.1, 0.15) is 22.3 Å². The third kappa shape index (κ3) is 6.56. The summed E-state index contributed by atoms with van der Waals surface area (Å²) in [7, 11) is 1.76.